The molecule has 0 N–H and O–H groups in total. The quantitative estimate of drug-likeness (QED) is 0.644. The van der Waals surface area contributed by atoms with Crippen molar-refractivity contribution in [2.24, 2.45) is 0 Å². The van der Waals surface area contributed by atoms with E-state index in [1.165, 1.54) is 23.2 Å². The van der Waals surface area contributed by atoms with Crippen LogP contribution in [0.5, 0.6) is 0 Å². The fourth-order valence-corrected chi connectivity index (χ4v) is 1.76. The Morgan fingerprint density at radius 1 is 1.33 bits per heavy atom. The van der Waals surface area contributed by atoms with Gasteiger partial charge in [0.1, 0.15) is 5.76 Å². The molecule has 0 fully saturated rings. The third-order valence-electron chi connectivity index (χ3n) is 1.96. The predicted molar refractivity (Wildman–Crippen MR) is 52.7 cm³/mol. The standard InChI is InChI=1S/C10H10OS/c1-12-11-10-7-6-8-4-2-3-5-9(8)10/h2-5,7H,6H2,1H3. The van der Waals surface area contributed by atoms with Gasteiger partial charge >= 0.3 is 0 Å². The summed E-state index contributed by atoms with van der Waals surface area (Å²) in [4.78, 5) is 0. The lowest BCUT2D eigenvalue weighted by Crippen LogP contribution is -1.83. The van der Waals surface area contributed by atoms with Crippen molar-refractivity contribution >= 4 is 17.8 Å². The zero-order valence-electron chi connectivity index (χ0n) is 6.91. The molecule has 2 rings (SSSR count). The maximum absolute atomic E-state index is 5.41. The first kappa shape index (κ1) is 7.74. The number of hydrogen-bond acceptors (Lipinski definition) is 2. The fourth-order valence-electron chi connectivity index (χ4n) is 1.42. The van der Waals surface area contributed by atoms with Crippen LogP contribution in [0, 0.1) is 0 Å². The van der Waals surface area contributed by atoms with Crippen molar-refractivity contribution in [2.75, 3.05) is 6.26 Å². The lowest BCUT2D eigenvalue weighted by atomic mass is 10.1. The zero-order chi connectivity index (χ0) is 8.39. The Bertz CT molecular complexity index is 317. The first-order valence-electron chi connectivity index (χ1n) is 3.91. The third kappa shape index (κ3) is 1.23. The van der Waals surface area contributed by atoms with Crippen molar-refractivity contribution < 1.29 is 4.18 Å². The van der Waals surface area contributed by atoms with E-state index in [1.807, 2.05) is 12.3 Å². The van der Waals surface area contributed by atoms with Crippen LogP contribution < -0.4 is 0 Å². The lowest BCUT2D eigenvalue weighted by Gasteiger charge is -2.03. The molecule has 0 saturated carbocycles. The van der Waals surface area contributed by atoms with Gasteiger partial charge < -0.3 is 4.18 Å². The van der Waals surface area contributed by atoms with Gasteiger partial charge in [0, 0.05) is 11.8 Å². The van der Waals surface area contributed by atoms with Crippen LogP contribution in [-0.4, -0.2) is 6.26 Å². The molecule has 0 saturated heterocycles. The maximum atomic E-state index is 5.41. The number of fused-ring (bicyclic) bond motifs is 1. The summed E-state index contributed by atoms with van der Waals surface area (Å²) < 4.78 is 5.41. The van der Waals surface area contributed by atoms with E-state index in [0.717, 1.165) is 12.2 Å². The van der Waals surface area contributed by atoms with Crippen LogP contribution in [0.25, 0.3) is 5.76 Å². The van der Waals surface area contributed by atoms with Gasteiger partial charge in [-0.25, -0.2) is 0 Å². The van der Waals surface area contributed by atoms with Crippen LogP contribution in [0.4, 0.5) is 0 Å². The fraction of sp³-hybridized carbons (Fsp3) is 0.200. The highest BCUT2D eigenvalue weighted by atomic mass is 32.2. The van der Waals surface area contributed by atoms with Crippen LogP contribution in [0.2, 0.25) is 0 Å². The largest absolute Gasteiger partial charge is 0.426 e. The zero-order valence-corrected chi connectivity index (χ0v) is 7.73. The van der Waals surface area contributed by atoms with Crippen LogP contribution in [-0.2, 0) is 10.6 Å². The Hall–Kier alpha value is -0.890. The molecular formula is C10H10OS. The van der Waals surface area contributed by atoms with Crippen molar-refractivity contribution in [3.63, 3.8) is 0 Å². The number of hydrogen-bond donors (Lipinski definition) is 0. The van der Waals surface area contributed by atoms with Crippen LogP contribution in [0.1, 0.15) is 11.1 Å². The smallest absolute Gasteiger partial charge is 0.141 e. The summed E-state index contributed by atoms with van der Waals surface area (Å²) in [5.74, 6) is 1.01. The van der Waals surface area contributed by atoms with Gasteiger partial charge in [-0.3, -0.25) is 0 Å². The first-order chi connectivity index (χ1) is 5.92. The normalized spacial score (nSPS) is 13.9. The van der Waals surface area contributed by atoms with Gasteiger partial charge in [0.2, 0.25) is 0 Å². The highest BCUT2D eigenvalue weighted by molar-refractivity contribution is 7.94. The highest BCUT2D eigenvalue weighted by Gasteiger charge is 2.13. The molecule has 0 spiro atoms. The molecule has 1 aromatic carbocycles. The molecule has 0 unspecified atom stereocenters. The molecule has 0 atom stereocenters. The summed E-state index contributed by atoms with van der Waals surface area (Å²) >= 11 is 1.39. The Kier molecular flexibility index (Phi) is 2.09. The van der Waals surface area contributed by atoms with Crippen molar-refractivity contribution in [1.82, 2.24) is 0 Å². The predicted octanol–water partition coefficient (Wildman–Crippen LogP) is 2.88. The van der Waals surface area contributed by atoms with Crippen molar-refractivity contribution in [3.8, 4) is 0 Å². The molecule has 1 aromatic rings. The van der Waals surface area contributed by atoms with Gasteiger partial charge in [0.15, 0.2) is 0 Å². The van der Waals surface area contributed by atoms with E-state index >= 15 is 0 Å². The van der Waals surface area contributed by atoms with Gasteiger partial charge in [-0.05, 0) is 18.1 Å². The summed E-state index contributed by atoms with van der Waals surface area (Å²) in [5, 5.41) is 0. The summed E-state index contributed by atoms with van der Waals surface area (Å²) in [6.07, 6.45) is 5.06. The number of benzene rings is 1. The average molecular weight is 178 g/mol. The Labute approximate surface area is 76.6 Å². The van der Waals surface area contributed by atoms with Crippen LogP contribution >= 0.6 is 12.0 Å². The highest BCUT2D eigenvalue weighted by Crippen LogP contribution is 2.29. The second kappa shape index (κ2) is 3.23. The van der Waals surface area contributed by atoms with E-state index in [0.29, 0.717) is 0 Å². The summed E-state index contributed by atoms with van der Waals surface area (Å²) in [7, 11) is 0. The van der Waals surface area contributed by atoms with E-state index in [-0.39, 0.29) is 0 Å². The molecule has 0 aliphatic heterocycles. The maximum Gasteiger partial charge on any atom is 0.141 e. The van der Waals surface area contributed by atoms with Crippen molar-refractivity contribution in [2.45, 2.75) is 6.42 Å². The molecule has 0 bridgehead atoms. The molecule has 0 amide bonds. The van der Waals surface area contributed by atoms with Crippen molar-refractivity contribution in [1.29, 1.82) is 0 Å². The minimum absolute atomic E-state index is 1.01. The molecule has 0 aromatic heterocycles. The first-order valence-corrected chi connectivity index (χ1v) is 5.06. The van der Waals surface area contributed by atoms with Gasteiger partial charge in [-0.2, -0.15) is 0 Å². The summed E-state index contributed by atoms with van der Waals surface area (Å²) in [6.45, 7) is 0. The Morgan fingerprint density at radius 2 is 2.17 bits per heavy atom. The summed E-state index contributed by atoms with van der Waals surface area (Å²) in [5.41, 5.74) is 2.61. The molecule has 2 heteroatoms. The van der Waals surface area contributed by atoms with Crippen LogP contribution in [0.15, 0.2) is 30.3 Å². The summed E-state index contributed by atoms with van der Waals surface area (Å²) in [6, 6.07) is 8.35. The number of allylic oxidation sites excluding steroid dienone is 1. The van der Waals surface area contributed by atoms with E-state index in [1.54, 1.807) is 0 Å². The molecule has 0 heterocycles. The van der Waals surface area contributed by atoms with E-state index in [2.05, 4.69) is 24.3 Å². The van der Waals surface area contributed by atoms with Gasteiger partial charge in [-0.1, -0.05) is 24.3 Å². The Balaban J connectivity index is 2.32. The molecule has 1 nitrogen and oxygen atoms in total. The molecule has 62 valence electrons. The average Bonchev–Trinajstić information content (AvgIpc) is 2.50. The number of rotatable bonds is 2. The SMILES string of the molecule is CSOC1=CCc2ccccc21. The van der Waals surface area contributed by atoms with E-state index < -0.39 is 0 Å². The monoisotopic (exact) mass is 178 g/mol. The molecule has 1 aliphatic carbocycles. The van der Waals surface area contributed by atoms with E-state index in [9.17, 15) is 0 Å². The minimum Gasteiger partial charge on any atom is -0.426 e. The van der Waals surface area contributed by atoms with E-state index in [4.69, 9.17) is 4.18 Å². The second-order valence-corrected chi connectivity index (χ2v) is 3.18. The Morgan fingerprint density at radius 3 is 3.00 bits per heavy atom. The minimum atomic E-state index is 1.01. The molecular weight excluding hydrogens is 168 g/mol. The van der Waals surface area contributed by atoms with Gasteiger partial charge in [0.25, 0.3) is 0 Å². The topological polar surface area (TPSA) is 9.23 Å². The lowest BCUT2D eigenvalue weighted by molar-refractivity contribution is 0.609. The van der Waals surface area contributed by atoms with Gasteiger partial charge in [-0.15, -0.1) is 0 Å². The third-order valence-corrected chi connectivity index (χ3v) is 2.31. The van der Waals surface area contributed by atoms with Crippen LogP contribution in [0.3, 0.4) is 0 Å². The molecule has 0 radical (unpaired) electrons. The van der Waals surface area contributed by atoms with Crippen molar-refractivity contribution in [3.05, 3.63) is 41.5 Å². The van der Waals surface area contributed by atoms with Gasteiger partial charge in [0.05, 0.1) is 12.0 Å². The molecule has 1 aliphatic rings. The molecule has 12 heavy (non-hydrogen) atoms. The second-order valence-electron chi connectivity index (χ2n) is 2.68.